The molecule has 0 saturated heterocycles. The minimum absolute atomic E-state index is 0.187. The van der Waals surface area contributed by atoms with Gasteiger partial charge in [0, 0.05) is 12.6 Å². The van der Waals surface area contributed by atoms with Gasteiger partial charge in [0.1, 0.15) is 0 Å². The highest BCUT2D eigenvalue weighted by atomic mass is 16.3. The maximum absolute atomic E-state index is 9.19. The quantitative estimate of drug-likeness (QED) is 0.678. The molecule has 1 aromatic carbocycles. The Morgan fingerprint density at radius 1 is 1.27 bits per heavy atom. The fourth-order valence-electron chi connectivity index (χ4n) is 1.35. The molecular formula is C12H19NO2. The summed E-state index contributed by atoms with van der Waals surface area (Å²) < 4.78 is 0. The van der Waals surface area contributed by atoms with E-state index in [-0.39, 0.29) is 12.6 Å². The molecular weight excluding hydrogens is 190 g/mol. The molecule has 15 heavy (non-hydrogen) atoms. The van der Waals surface area contributed by atoms with Gasteiger partial charge in [-0.15, -0.1) is 0 Å². The summed E-state index contributed by atoms with van der Waals surface area (Å²) in [4.78, 5) is 0. The van der Waals surface area contributed by atoms with Gasteiger partial charge in [0.15, 0.2) is 0 Å². The van der Waals surface area contributed by atoms with Crippen LogP contribution in [0.15, 0.2) is 24.3 Å². The lowest BCUT2D eigenvalue weighted by Crippen LogP contribution is -2.31. The highest BCUT2D eigenvalue weighted by Gasteiger charge is 2.07. The molecule has 0 aliphatic carbocycles. The minimum atomic E-state index is -0.683. The Bertz CT molecular complexity index is 284. The summed E-state index contributed by atoms with van der Waals surface area (Å²) in [5.74, 6) is 0. The standard InChI is InChI=1S/C12H19NO2/c1-9-3-5-11(6-4-9)10(2)13-7-12(15)8-14/h3-6,10,12-15H,7-8H2,1-2H3. The Hall–Kier alpha value is -0.900. The number of aliphatic hydroxyl groups is 2. The van der Waals surface area contributed by atoms with Crippen LogP contribution in [0.1, 0.15) is 24.1 Å². The van der Waals surface area contributed by atoms with Gasteiger partial charge in [0.25, 0.3) is 0 Å². The van der Waals surface area contributed by atoms with Gasteiger partial charge in [0.2, 0.25) is 0 Å². The van der Waals surface area contributed by atoms with E-state index in [4.69, 9.17) is 5.11 Å². The molecule has 2 atom stereocenters. The number of rotatable bonds is 5. The lowest BCUT2D eigenvalue weighted by Gasteiger charge is -2.16. The topological polar surface area (TPSA) is 52.5 Å². The van der Waals surface area contributed by atoms with Gasteiger partial charge < -0.3 is 15.5 Å². The smallest absolute Gasteiger partial charge is 0.0895 e. The summed E-state index contributed by atoms with van der Waals surface area (Å²) in [6, 6.07) is 8.45. The van der Waals surface area contributed by atoms with Gasteiger partial charge in [-0.25, -0.2) is 0 Å². The fraction of sp³-hybridized carbons (Fsp3) is 0.500. The first-order chi connectivity index (χ1) is 7.13. The number of hydrogen-bond donors (Lipinski definition) is 3. The maximum Gasteiger partial charge on any atom is 0.0895 e. The first-order valence-corrected chi connectivity index (χ1v) is 5.22. The van der Waals surface area contributed by atoms with E-state index in [1.807, 2.05) is 6.92 Å². The van der Waals surface area contributed by atoms with E-state index in [2.05, 4.69) is 36.5 Å². The Labute approximate surface area is 90.8 Å². The normalized spacial score (nSPS) is 14.9. The molecule has 0 fully saturated rings. The fourth-order valence-corrected chi connectivity index (χ4v) is 1.35. The van der Waals surface area contributed by atoms with Crippen molar-refractivity contribution in [2.45, 2.75) is 26.0 Å². The Balaban J connectivity index is 2.46. The van der Waals surface area contributed by atoms with Crippen LogP contribution in [-0.2, 0) is 0 Å². The molecule has 84 valence electrons. The molecule has 0 aliphatic rings. The summed E-state index contributed by atoms with van der Waals surface area (Å²) in [7, 11) is 0. The van der Waals surface area contributed by atoms with Crippen molar-refractivity contribution in [1.29, 1.82) is 0 Å². The van der Waals surface area contributed by atoms with E-state index < -0.39 is 6.10 Å². The van der Waals surface area contributed by atoms with Crippen molar-refractivity contribution >= 4 is 0 Å². The van der Waals surface area contributed by atoms with E-state index in [1.165, 1.54) is 11.1 Å². The predicted octanol–water partition coefficient (Wildman–Crippen LogP) is 0.999. The zero-order chi connectivity index (χ0) is 11.3. The van der Waals surface area contributed by atoms with E-state index >= 15 is 0 Å². The van der Waals surface area contributed by atoms with Crippen LogP contribution in [0.3, 0.4) is 0 Å². The summed E-state index contributed by atoms with van der Waals surface area (Å²) in [5, 5.41) is 21.0. The van der Waals surface area contributed by atoms with Crippen LogP contribution < -0.4 is 5.32 Å². The molecule has 3 heteroatoms. The Kier molecular flexibility index (Phi) is 4.75. The van der Waals surface area contributed by atoms with Crippen LogP contribution in [0.25, 0.3) is 0 Å². The van der Waals surface area contributed by atoms with E-state index in [1.54, 1.807) is 0 Å². The van der Waals surface area contributed by atoms with E-state index in [0.29, 0.717) is 6.54 Å². The van der Waals surface area contributed by atoms with Crippen LogP contribution in [0.4, 0.5) is 0 Å². The van der Waals surface area contributed by atoms with Gasteiger partial charge in [-0.1, -0.05) is 29.8 Å². The maximum atomic E-state index is 9.19. The Morgan fingerprint density at radius 3 is 2.40 bits per heavy atom. The number of aryl methyl sites for hydroxylation is 1. The molecule has 0 heterocycles. The van der Waals surface area contributed by atoms with Crippen LogP contribution in [-0.4, -0.2) is 29.5 Å². The largest absolute Gasteiger partial charge is 0.394 e. The highest BCUT2D eigenvalue weighted by molar-refractivity contribution is 5.23. The first-order valence-electron chi connectivity index (χ1n) is 5.22. The number of benzene rings is 1. The second-order valence-electron chi connectivity index (χ2n) is 3.88. The summed E-state index contributed by atoms with van der Waals surface area (Å²) in [5.41, 5.74) is 2.42. The van der Waals surface area contributed by atoms with E-state index in [9.17, 15) is 5.11 Å². The monoisotopic (exact) mass is 209 g/mol. The number of nitrogens with one attached hydrogen (secondary N) is 1. The van der Waals surface area contributed by atoms with Gasteiger partial charge in [-0.2, -0.15) is 0 Å². The van der Waals surface area contributed by atoms with Crippen LogP contribution in [0, 0.1) is 6.92 Å². The molecule has 0 spiro atoms. The SMILES string of the molecule is Cc1ccc(C(C)NCC(O)CO)cc1. The molecule has 1 rings (SSSR count). The summed E-state index contributed by atoms with van der Waals surface area (Å²) >= 11 is 0. The second kappa shape index (κ2) is 5.85. The summed E-state index contributed by atoms with van der Waals surface area (Å²) in [6.45, 7) is 4.30. The molecule has 0 radical (unpaired) electrons. The lowest BCUT2D eigenvalue weighted by atomic mass is 10.1. The van der Waals surface area contributed by atoms with Crippen molar-refractivity contribution < 1.29 is 10.2 Å². The molecule has 0 aromatic heterocycles. The zero-order valence-electron chi connectivity index (χ0n) is 9.27. The molecule has 1 aromatic rings. The van der Waals surface area contributed by atoms with Crippen molar-refractivity contribution in [2.75, 3.05) is 13.2 Å². The molecule has 3 N–H and O–H groups in total. The van der Waals surface area contributed by atoms with Crippen molar-refractivity contribution in [3.63, 3.8) is 0 Å². The third kappa shape index (κ3) is 4.00. The average molecular weight is 209 g/mol. The van der Waals surface area contributed by atoms with Gasteiger partial charge in [0.05, 0.1) is 12.7 Å². The average Bonchev–Trinajstić information content (AvgIpc) is 2.26. The Morgan fingerprint density at radius 2 is 1.87 bits per heavy atom. The highest BCUT2D eigenvalue weighted by Crippen LogP contribution is 2.12. The molecule has 0 amide bonds. The molecule has 0 aliphatic heterocycles. The van der Waals surface area contributed by atoms with Gasteiger partial charge in [-0.3, -0.25) is 0 Å². The van der Waals surface area contributed by atoms with Crippen LogP contribution >= 0.6 is 0 Å². The van der Waals surface area contributed by atoms with Crippen molar-refractivity contribution in [2.24, 2.45) is 0 Å². The zero-order valence-corrected chi connectivity index (χ0v) is 9.27. The minimum Gasteiger partial charge on any atom is -0.394 e. The van der Waals surface area contributed by atoms with Crippen molar-refractivity contribution in [3.8, 4) is 0 Å². The van der Waals surface area contributed by atoms with Gasteiger partial charge in [-0.05, 0) is 19.4 Å². The molecule has 0 saturated carbocycles. The molecule has 2 unspecified atom stereocenters. The molecule has 0 bridgehead atoms. The lowest BCUT2D eigenvalue weighted by molar-refractivity contribution is 0.0924. The third-order valence-corrected chi connectivity index (χ3v) is 2.45. The predicted molar refractivity (Wildman–Crippen MR) is 60.7 cm³/mol. The third-order valence-electron chi connectivity index (χ3n) is 2.45. The molecule has 3 nitrogen and oxygen atoms in total. The van der Waals surface area contributed by atoms with Crippen LogP contribution in [0.5, 0.6) is 0 Å². The van der Waals surface area contributed by atoms with E-state index in [0.717, 1.165) is 0 Å². The number of aliphatic hydroxyl groups excluding tert-OH is 2. The first kappa shape index (κ1) is 12.2. The van der Waals surface area contributed by atoms with Crippen molar-refractivity contribution in [3.05, 3.63) is 35.4 Å². The number of hydrogen-bond acceptors (Lipinski definition) is 3. The van der Waals surface area contributed by atoms with Crippen LogP contribution in [0.2, 0.25) is 0 Å². The van der Waals surface area contributed by atoms with Crippen molar-refractivity contribution in [1.82, 2.24) is 5.32 Å². The van der Waals surface area contributed by atoms with Gasteiger partial charge >= 0.3 is 0 Å². The summed E-state index contributed by atoms with van der Waals surface area (Å²) in [6.07, 6.45) is -0.683. The second-order valence-corrected chi connectivity index (χ2v) is 3.88.